The molecule has 0 bridgehead atoms. The molecular formula is C27H23N3O2S. The number of para-hydroxylation sites is 1. The Morgan fingerprint density at radius 2 is 1.67 bits per heavy atom. The number of carbonyl (C=O) groups excluding carboxylic acids is 1. The minimum absolute atomic E-state index is 0.129. The van der Waals surface area contributed by atoms with Crippen LogP contribution in [-0.4, -0.2) is 11.0 Å². The summed E-state index contributed by atoms with van der Waals surface area (Å²) in [5.74, 6) is -0.0111. The summed E-state index contributed by atoms with van der Waals surface area (Å²) >= 11 is 1.54. The molecule has 0 fully saturated rings. The number of nitrogens with one attached hydrogen (secondary N) is 2. The molecule has 1 atom stereocenters. The standard InChI is InChI=1S/C27H23N3O2S/c1-18-24(26(32)30-21-10-6-3-7-11-21)25(20-12-14-22(31)15-13-20)23(16-28)27(29-18)33-17-19-8-4-2-5-9-19/h2-15,25,29,31H,17H2,1H3,(H,30,32). The van der Waals surface area contributed by atoms with E-state index in [0.717, 1.165) is 16.2 Å². The molecular weight excluding hydrogens is 430 g/mol. The molecule has 4 rings (SSSR count). The number of thioether (sulfide) groups is 1. The number of hydrogen-bond acceptors (Lipinski definition) is 5. The normalized spacial score (nSPS) is 15.6. The van der Waals surface area contributed by atoms with Crippen LogP contribution in [0.15, 0.2) is 107 Å². The Bertz CT molecular complexity index is 1240. The van der Waals surface area contributed by atoms with Gasteiger partial charge >= 0.3 is 0 Å². The zero-order chi connectivity index (χ0) is 23.2. The van der Waals surface area contributed by atoms with Gasteiger partial charge in [0.25, 0.3) is 5.91 Å². The van der Waals surface area contributed by atoms with E-state index >= 15 is 0 Å². The first-order valence-electron chi connectivity index (χ1n) is 10.5. The average Bonchev–Trinajstić information content (AvgIpc) is 2.84. The van der Waals surface area contributed by atoms with Gasteiger partial charge in [0.05, 0.1) is 22.6 Å². The molecule has 0 saturated carbocycles. The first-order chi connectivity index (χ1) is 16.1. The average molecular weight is 454 g/mol. The Kier molecular flexibility index (Phi) is 6.82. The number of allylic oxidation sites excluding steroid dienone is 2. The van der Waals surface area contributed by atoms with Crippen molar-refractivity contribution >= 4 is 23.4 Å². The number of aromatic hydroxyl groups is 1. The molecule has 1 unspecified atom stereocenters. The van der Waals surface area contributed by atoms with E-state index in [-0.39, 0.29) is 11.7 Å². The number of hydrogen-bond donors (Lipinski definition) is 3. The van der Waals surface area contributed by atoms with Crippen molar-refractivity contribution in [2.45, 2.75) is 18.6 Å². The van der Waals surface area contributed by atoms with Gasteiger partial charge in [0, 0.05) is 22.7 Å². The topological polar surface area (TPSA) is 85.2 Å². The fourth-order valence-electron chi connectivity index (χ4n) is 3.78. The zero-order valence-corrected chi connectivity index (χ0v) is 18.9. The van der Waals surface area contributed by atoms with Gasteiger partial charge in [-0.15, -0.1) is 11.8 Å². The molecule has 5 nitrogen and oxygen atoms in total. The highest BCUT2D eigenvalue weighted by Crippen LogP contribution is 2.41. The quantitative estimate of drug-likeness (QED) is 0.448. The Morgan fingerprint density at radius 1 is 1.03 bits per heavy atom. The van der Waals surface area contributed by atoms with Crippen LogP contribution >= 0.6 is 11.8 Å². The van der Waals surface area contributed by atoms with Crippen LogP contribution in [0.25, 0.3) is 0 Å². The molecule has 1 amide bonds. The van der Waals surface area contributed by atoms with Gasteiger partial charge in [0.15, 0.2) is 0 Å². The molecule has 3 aromatic rings. The first-order valence-corrected chi connectivity index (χ1v) is 11.5. The summed E-state index contributed by atoms with van der Waals surface area (Å²) < 4.78 is 0. The van der Waals surface area contributed by atoms with Gasteiger partial charge in [-0.2, -0.15) is 5.26 Å². The minimum atomic E-state index is -0.557. The second-order valence-electron chi connectivity index (χ2n) is 7.64. The number of rotatable bonds is 6. The summed E-state index contributed by atoms with van der Waals surface area (Å²) in [7, 11) is 0. The van der Waals surface area contributed by atoms with Crippen molar-refractivity contribution in [2.75, 3.05) is 5.32 Å². The first kappa shape index (κ1) is 22.3. The number of phenols is 1. The van der Waals surface area contributed by atoms with Crippen LogP contribution < -0.4 is 10.6 Å². The molecule has 0 aromatic heterocycles. The third-order valence-electron chi connectivity index (χ3n) is 5.38. The predicted octanol–water partition coefficient (Wildman–Crippen LogP) is 5.66. The van der Waals surface area contributed by atoms with Crippen molar-refractivity contribution < 1.29 is 9.90 Å². The lowest BCUT2D eigenvalue weighted by molar-refractivity contribution is -0.113. The van der Waals surface area contributed by atoms with Gasteiger partial charge in [0.2, 0.25) is 0 Å². The Balaban J connectivity index is 1.72. The van der Waals surface area contributed by atoms with E-state index in [1.807, 2.05) is 67.6 Å². The van der Waals surface area contributed by atoms with Crippen molar-refractivity contribution in [1.82, 2.24) is 5.32 Å². The van der Waals surface area contributed by atoms with Crippen LogP contribution in [0, 0.1) is 11.3 Å². The van der Waals surface area contributed by atoms with Gasteiger partial charge in [-0.3, -0.25) is 4.79 Å². The summed E-state index contributed by atoms with van der Waals surface area (Å²) in [6.07, 6.45) is 0. The SMILES string of the molecule is CC1=C(C(=O)Nc2ccccc2)C(c2ccc(O)cc2)C(C#N)=C(SCc2ccccc2)N1. The number of carbonyl (C=O) groups is 1. The van der Waals surface area contributed by atoms with E-state index in [1.165, 1.54) is 11.8 Å². The number of phenolic OH excluding ortho intramolecular Hbond substituents is 1. The number of amides is 1. The second kappa shape index (κ2) is 10.1. The predicted molar refractivity (Wildman–Crippen MR) is 132 cm³/mol. The molecule has 1 heterocycles. The van der Waals surface area contributed by atoms with E-state index in [1.54, 1.807) is 24.3 Å². The second-order valence-corrected chi connectivity index (χ2v) is 8.62. The van der Waals surface area contributed by atoms with E-state index < -0.39 is 5.92 Å². The highest BCUT2D eigenvalue weighted by Gasteiger charge is 2.34. The summed E-state index contributed by atoms with van der Waals surface area (Å²) in [6.45, 7) is 1.85. The molecule has 3 N–H and O–H groups in total. The van der Waals surface area contributed by atoms with Crippen molar-refractivity contribution in [3.05, 3.63) is 118 Å². The van der Waals surface area contributed by atoms with E-state index in [2.05, 4.69) is 16.7 Å². The molecule has 0 spiro atoms. The lowest BCUT2D eigenvalue weighted by Gasteiger charge is -2.30. The van der Waals surface area contributed by atoms with Crippen molar-refractivity contribution in [3.8, 4) is 11.8 Å². The number of dihydropyridines is 1. The third kappa shape index (κ3) is 5.11. The Hall–Kier alpha value is -3.95. The summed E-state index contributed by atoms with van der Waals surface area (Å²) in [6, 6.07) is 28.3. The smallest absolute Gasteiger partial charge is 0.254 e. The highest BCUT2D eigenvalue weighted by molar-refractivity contribution is 8.02. The fourth-order valence-corrected chi connectivity index (χ4v) is 4.82. The highest BCUT2D eigenvalue weighted by atomic mass is 32.2. The Labute approximate surface area is 197 Å². The third-order valence-corrected chi connectivity index (χ3v) is 6.46. The molecule has 0 saturated heterocycles. The van der Waals surface area contributed by atoms with Crippen molar-refractivity contribution in [2.24, 2.45) is 0 Å². The molecule has 6 heteroatoms. The largest absolute Gasteiger partial charge is 0.508 e. The van der Waals surface area contributed by atoms with E-state index in [4.69, 9.17) is 0 Å². The van der Waals surface area contributed by atoms with Gasteiger partial charge in [-0.1, -0.05) is 60.7 Å². The van der Waals surface area contributed by atoms with Crippen LogP contribution in [0.5, 0.6) is 5.75 Å². The van der Waals surface area contributed by atoms with E-state index in [9.17, 15) is 15.2 Å². The molecule has 1 aliphatic rings. The number of anilines is 1. The summed E-state index contributed by atoms with van der Waals surface area (Å²) in [5, 5.41) is 26.9. The van der Waals surface area contributed by atoms with Gasteiger partial charge in [0.1, 0.15) is 5.75 Å². The fraction of sp³-hybridized carbons (Fsp3) is 0.111. The molecule has 3 aromatic carbocycles. The summed E-state index contributed by atoms with van der Waals surface area (Å²) in [4.78, 5) is 13.4. The number of nitrogens with zero attached hydrogens (tertiary/aromatic N) is 1. The maximum absolute atomic E-state index is 13.4. The number of benzene rings is 3. The van der Waals surface area contributed by atoms with E-state index in [0.29, 0.717) is 28.3 Å². The van der Waals surface area contributed by atoms with Gasteiger partial charge in [-0.05, 0) is 42.3 Å². The van der Waals surface area contributed by atoms with Crippen LogP contribution in [-0.2, 0) is 10.5 Å². The molecule has 164 valence electrons. The van der Waals surface area contributed by atoms with Gasteiger partial charge < -0.3 is 15.7 Å². The van der Waals surface area contributed by atoms with Crippen LogP contribution in [0.4, 0.5) is 5.69 Å². The molecule has 0 radical (unpaired) electrons. The maximum Gasteiger partial charge on any atom is 0.254 e. The Morgan fingerprint density at radius 3 is 2.30 bits per heavy atom. The summed E-state index contributed by atoms with van der Waals surface area (Å²) in [5.41, 5.74) is 4.23. The van der Waals surface area contributed by atoms with Crippen LogP contribution in [0.2, 0.25) is 0 Å². The number of nitriles is 1. The van der Waals surface area contributed by atoms with Crippen LogP contribution in [0.1, 0.15) is 24.0 Å². The molecule has 33 heavy (non-hydrogen) atoms. The zero-order valence-electron chi connectivity index (χ0n) is 18.1. The minimum Gasteiger partial charge on any atom is -0.508 e. The van der Waals surface area contributed by atoms with Crippen molar-refractivity contribution in [3.63, 3.8) is 0 Å². The van der Waals surface area contributed by atoms with Gasteiger partial charge in [-0.25, -0.2) is 0 Å². The lowest BCUT2D eigenvalue weighted by atomic mass is 9.82. The maximum atomic E-state index is 13.4. The lowest BCUT2D eigenvalue weighted by Crippen LogP contribution is -2.30. The molecule has 0 aliphatic carbocycles. The van der Waals surface area contributed by atoms with Crippen LogP contribution in [0.3, 0.4) is 0 Å². The van der Waals surface area contributed by atoms with Crippen molar-refractivity contribution in [1.29, 1.82) is 5.26 Å². The monoisotopic (exact) mass is 453 g/mol. The molecule has 1 aliphatic heterocycles.